The molecule has 0 radical (unpaired) electrons. The summed E-state index contributed by atoms with van der Waals surface area (Å²) in [7, 11) is -4.09. The molecule has 0 aliphatic carbocycles. The van der Waals surface area contributed by atoms with Gasteiger partial charge >= 0.3 is 0 Å². The standard InChI is InChI=1S/C14H11ClF2N2O3S/c15-9-1-4-14(18-6-9)22-11-7-19(8-11)23(20,21)13-5-10(16)2-3-12(13)17/h1-6,11H,7-8H2. The minimum absolute atomic E-state index is 0.0304. The van der Waals surface area contributed by atoms with Gasteiger partial charge < -0.3 is 4.74 Å². The predicted octanol–water partition coefficient (Wildman–Crippen LogP) is 2.47. The first-order valence-electron chi connectivity index (χ1n) is 6.59. The molecule has 1 aliphatic heterocycles. The highest BCUT2D eigenvalue weighted by Gasteiger charge is 2.39. The molecule has 0 saturated carbocycles. The van der Waals surface area contributed by atoms with Crippen LogP contribution in [-0.2, 0) is 10.0 Å². The molecule has 23 heavy (non-hydrogen) atoms. The summed E-state index contributed by atoms with van der Waals surface area (Å²) in [5.41, 5.74) is 0. The van der Waals surface area contributed by atoms with Crippen molar-refractivity contribution < 1.29 is 21.9 Å². The van der Waals surface area contributed by atoms with Crippen molar-refractivity contribution in [2.75, 3.05) is 13.1 Å². The van der Waals surface area contributed by atoms with Crippen molar-refractivity contribution in [2.24, 2.45) is 0 Å². The van der Waals surface area contributed by atoms with Crippen LogP contribution in [0.5, 0.6) is 5.88 Å². The molecule has 1 aliphatic rings. The molecule has 1 fully saturated rings. The molecule has 0 bridgehead atoms. The number of ether oxygens (including phenoxy) is 1. The third kappa shape index (κ3) is 3.29. The summed E-state index contributed by atoms with van der Waals surface area (Å²) < 4.78 is 57.8. The fourth-order valence-electron chi connectivity index (χ4n) is 2.09. The van der Waals surface area contributed by atoms with Gasteiger partial charge in [-0.25, -0.2) is 22.2 Å². The minimum Gasteiger partial charge on any atom is -0.472 e. The maximum absolute atomic E-state index is 13.6. The highest BCUT2D eigenvalue weighted by atomic mass is 35.5. The summed E-state index contributed by atoms with van der Waals surface area (Å²) in [6.07, 6.45) is 1.00. The number of aromatic nitrogens is 1. The zero-order valence-electron chi connectivity index (χ0n) is 11.6. The van der Waals surface area contributed by atoms with Crippen LogP contribution in [-0.4, -0.2) is 36.9 Å². The smallest absolute Gasteiger partial charge is 0.246 e. The van der Waals surface area contributed by atoms with E-state index in [1.165, 1.54) is 6.20 Å². The van der Waals surface area contributed by atoms with E-state index in [-0.39, 0.29) is 13.1 Å². The zero-order chi connectivity index (χ0) is 16.6. The average Bonchev–Trinajstić information content (AvgIpc) is 2.46. The summed E-state index contributed by atoms with van der Waals surface area (Å²) in [6.45, 7) is 0.0607. The highest BCUT2D eigenvalue weighted by molar-refractivity contribution is 7.89. The molecule has 0 spiro atoms. The second-order valence-electron chi connectivity index (χ2n) is 4.95. The van der Waals surface area contributed by atoms with Gasteiger partial charge in [0.15, 0.2) is 0 Å². The number of sulfonamides is 1. The zero-order valence-corrected chi connectivity index (χ0v) is 13.2. The first-order chi connectivity index (χ1) is 10.9. The van der Waals surface area contributed by atoms with E-state index < -0.39 is 32.7 Å². The van der Waals surface area contributed by atoms with Crippen molar-refractivity contribution in [3.63, 3.8) is 0 Å². The molecule has 0 N–H and O–H groups in total. The Labute approximate surface area is 136 Å². The number of pyridine rings is 1. The van der Waals surface area contributed by atoms with Crippen LogP contribution < -0.4 is 4.74 Å². The lowest BCUT2D eigenvalue weighted by atomic mass is 10.2. The number of rotatable bonds is 4. The molecule has 1 aromatic carbocycles. The monoisotopic (exact) mass is 360 g/mol. The van der Waals surface area contributed by atoms with Crippen LogP contribution in [0.2, 0.25) is 5.02 Å². The maximum Gasteiger partial charge on any atom is 0.246 e. The van der Waals surface area contributed by atoms with Gasteiger partial charge in [0.25, 0.3) is 0 Å². The van der Waals surface area contributed by atoms with Crippen molar-refractivity contribution in [1.82, 2.24) is 9.29 Å². The van der Waals surface area contributed by atoms with Gasteiger partial charge in [0.2, 0.25) is 15.9 Å². The lowest BCUT2D eigenvalue weighted by molar-refractivity contribution is 0.0719. The van der Waals surface area contributed by atoms with Crippen LogP contribution >= 0.6 is 11.6 Å². The Morgan fingerprint density at radius 3 is 2.61 bits per heavy atom. The molecule has 0 unspecified atom stereocenters. The molecule has 2 heterocycles. The molecule has 3 rings (SSSR count). The van der Waals surface area contributed by atoms with Crippen molar-refractivity contribution >= 4 is 21.6 Å². The van der Waals surface area contributed by atoms with Crippen molar-refractivity contribution in [2.45, 2.75) is 11.0 Å². The molecule has 0 atom stereocenters. The lowest BCUT2D eigenvalue weighted by Crippen LogP contribution is -2.56. The van der Waals surface area contributed by atoms with Crippen LogP contribution in [0.1, 0.15) is 0 Å². The van der Waals surface area contributed by atoms with E-state index in [1.54, 1.807) is 12.1 Å². The van der Waals surface area contributed by atoms with E-state index in [2.05, 4.69) is 4.98 Å². The summed E-state index contributed by atoms with van der Waals surface area (Å²) in [5.74, 6) is -1.49. The fraction of sp³-hybridized carbons (Fsp3) is 0.214. The van der Waals surface area contributed by atoms with Gasteiger partial charge in [-0.15, -0.1) is 0 Å². The molecular formula is C14H11ClF2N2O3S. The molecule has 1 aromatic heterocycles. The van der Waals surface area contributed by atoms with E-state index in [9.17, 15) is 17.2 Å². The van der Waals surface area contributed by atoms with Crippen LogP contribution in [0.25, 0.3) is 0 Å². The maximum atomic E-state index is 13.6. The molecule has 9 heteroatoms. The largest absolute Gasteiger partial charge is 0.472 e. The average molecular weight is 361 g/mol. The molecule has 5 nitrogen and oxygen atoms in total. The van der Waals surface area contributed by atoms with Crippen molar-refractivity contribution in [3.8, 4) is 5.88 Å². The van der Waals surface area contributed by atoms with Crippen LogP contribution in [0.15, 0.2) is 41.4 Å². The predicted molar refractivity (Wildman–Crippen MR) is 78.8 cm³/mol. The van der Waals surface area contributed by atoms with Crippen molar-refractivity contribution in [1.29, 1.82) is 0 Å². The first kappa shape index (κ1) is 16.1. The van der Waals surface area contributed by atoms with E-state index in [1.807, 2.05) is 0 Å². The number of benzene rings is 1. The Bertz CT molecular complexity index is 824. The number of hydrogen-bond donors (Lipinski definition) is 0. The van der Waals surface area contributed by atoms with Gasteiger partial charge in [-0.1, -0.05) is 11.6 Å². The molecule has 122 valence electrons. The Balaban J connectivity index is 1.68. The van der Waals surface area contributed by atoms with E-state index in [4.69, 9.17) is 16.3 Å². The topological polar surface area (TPSA) is 59.5 Å². The fourth-order valence-corrected chi connectivity index (χ4v) is 3.78. The summed E-state index contributed by atoms with van der Waals surface area (Å²) in [5, 5.41) is 0.455. The SMILES string of the molecule is O=S(=O)(c1cc(F)ccc1F)N1CC(Oc2ccc(Cl)cn2)C1. The minimum atomic E-state index is -4.09. The molecular weight excluding hydrogens is 350 g/mol. The van der Waals surface area contributed by atoms with Gasteiger partial charge in [0.05, 0.1) is 18.1 Å². The number of nitrogens with zero attached hydrogens (tertiary/aromatic N) is 2. The molecule has 2 aromatic rings. The van der Waals surface area contributed by atoms with Gasteiger partial charge in [0.1, 0.15) is 22.6 Å². The highest BCUT2D eigenvalue weighted by Crippen LogP contribution is 2.26. The van der Waals surface area contributed by atoms with Crippen molar-refractivity contribution in [3.05, 3.63) is 53.2 Å². The van der Waals surface area contributed by atoms with Crippen LogP contribution in [0.3, 0.4) is 0 Å². The van der Waals surface area contributed by atoms with Gasteiger partial charge in [-0.2, -0.15) is 4.31 Å². The molecule has 0 amide bonds. The van der Waals surface area contributed by atoms with Crippen LogP contribution in [0.4, 0.5) is 8.78 Å². The Hall–Kier alpha value is -1.77. The first-order valence-corrected chi connectivity index (χ1v) is 8.41. The Morgan fingerprint density at radius 1 is 1.22 bits per heavy atom. The second-order valence-corrected chi connectivity index (χ2v) is 7.29. The third-order valence-electron chi connectivity index (χ3n) is 3.31. The summed E-state index contributed by atoms with van der Waals surface area (Å²) >= 11 is 5.70. The van der Waals surface area contributed by atoms with Gasteiger partial charge in [-0.3, -0.25) is 0 Å². The quantitative estimate of drug-likeness (QED) is 0.840. The summed E-state index contributed by atoms with van der Waals surface area (Å²) in [6, 6.07) is 5.47. The number of halogens is 3. The third-order valence-corrected chi connectivity index (χ3v) is 5.38. The Kier molecular flexibility index (Phi) is 4.22. The number of hydrogen-bond acceptors (Lipinski definition) is 4. The lowest BCUT2D eigenvalue weighted by Gasteiger charge is -2.37. The van der Waals surface area contributed by atoms with E-state index in [0.29, 0.717) is 17.0 Å². The van der Waals surface area contributed by atoms with E-state index >= 15 is 0 Å². The van der Waals surface area contributed by atoms with Gasteiger partial charge in [-0.05, 0) is 24.3 Å². The normalized spacial score (nSPS) is 16.1. The Morgan fingerprint density at radius 2 is 1.96 bits per heavy atom. The van der Waals surface area contributed by atoms with Gasteiger partial charge in [0, 0.05) is 12.3 Å². The van der Waals surface area contributed by atoms with E-state index in [0.717, 1.165) is 16.4 Å². The van der Waals surface area contributed by atoms with Crippen LogP contribution in [0, 0.1) is 11.6 Å². The molecule has 1 saturated heterocycles. The summed E-state index contributed by atoms with van der Waals surface area (Å²) in [4.78, 5) is 3.26. The second kappa shape index (κ2) is 6.03.